The molecule has 5 nitrogen and oxygen atoms in total. The first-order valence-electron chi connectivity index (χ1n) is 8.80. The number of halogens is 2. The average molecular weight is 439 g/mol. The van der Waals surface area contributed by atoms with E-state index in [0.29, 0.717) is 21.5 Å². The molecule has 8 heteroatoms. The number of esters is 1. The molecule has 0 aromatic heterocycles. The van der Waals surface area contributed by atoms with Gasteiger partial charge in [0.05, 0.1) is 6.61 Å². The standard InChI is InChI=1S/C20H20Cl2N2O3S/c1-3-27-19(25)17-11-28-18(14-6-4-5-7-15(14)21)24(17)20(26)23-13-9-8-12(2)16(22)10-13/h4-10,17-18H,3,11H2,1-2H3,(H,23,26). The van der Waals surface area contributed by atoms with E-state index in [1.165, 1.54) is 16.7 Å². The molecule has 2 amide bonds. The van der Waals surface area contributed by atoms with Gasteiger partial charge < -0.3 is 10.1 Å². The molecule has 0 radical (unpaired) electrons. The topological polar surface area (TPSA) is 58.6 Å². The predicted molar refractivity (Wildman–Crippen MR) is 114 cm³/mol. The summed E-state index contributed by atoms with van der Waals surface area (Å²) in [7, 11) is 0. The van der Waals surface area contributed by atoms with Gasteiger partial charge in [-0.2, -0.15) is 0 Å². The van der Waals surface area contributed by atoms with Crippen molar-refractivity contribution in [2.45, 2.75) is 25.3 Å². The number of urea groups is 1. The lowest BCUT2D eigenvalue weighted by atomic mass is 10.2. The summed E-state index contributed by atoms with van der Waals surface area (Å²) in [5, 5.41) is 3.53. The second-order valence-electron chi connectivity index (χ2n) is 6.28. The number of carbonyl (C=O) groups is 2. The molecule has 0 spiro atoms. The highest BCUT2D eigenvalue weighted by atomic mass is 35.5. The first kappa shape index (κ1) is 20.8. The normalized spacial score (nSPS) is 18.8. The Bertz CT molecular complexity index is 894. The number of hydrogen-bond donors (Lipinski definition) is 1. The second-order valence-corrected chi connectivity index (χ2v) is 8.20. The van der Waals surface area contributed by atoms with E-state index in [9.17, 15) is 9.59 Å². The first-order chi connectivity index (χ1) is 13.4. The molecule has 0 saturated carbocycles. The smallest absolute Gasteiger partial charge is 0.329 e. The third kappa shape index (κ3) is 4.40. The van der Waals surface area contributed by atoms with Gasteiger partial charge in [-0.15, -0.1) is 11.8 Å². The highest BCUT2D eigenvalue weighted by Gasteiger charge is 2.43. The van der Waals surface area contributed by atoms with Crippen molar-refractivity contribution in [1.82, 2.24) is 4.90 Å². The van der Waals surface area contributed by atoms with E-state index in [-0.39, 0.29) is 6.61 Å². The minimum atomic E-state index is -0.702. The van der Waals surface area contributed by atoms with Crippen molar-refractivity contribution in [3.8, 4) is 0 Å². The molecule has 2 aromatic carbocycles. The number of aryl methyl sites for hydroxylation is 1. The van der Waals surface area contributed by atoms with Gasteiger partial charge >= 0.3 is 12.0 Å². The van der Waals surface area contributed by atoms with Crippen LogP contribution in [-0.4, -0.2) is 35.3 Å². The van der Waals surface area contributed by atoms with Crippen molar-refractivity contribution in [3.05, 3.63) is 63.6 Å². The number of carbonyl (C=O) groups excluding carboxylic acids is 2. The van der Waals surface area contributed by atoms with Gasteiger partial charge in [0.25, 0.3) is 0 Å². The Morgan fingerprint density at radius 2 is 1.96 bits per heavy atom. The Morgan fingerprint density at radius 3 is 2.64 bits per heavy atom. The van der Waals surface area contributed by atoms with Crippen molar-refractivity contribution >= 4 is 52.7 Å². The van der Waals surface area contributed by atoms with E-state index in [1.807, 2.05) is 31.2 Å². The Balaban J connectivity index is 1.91. The zero-order chi connectivity index (χ0) is 20.3. The molecule has 148 valence electrons. The lowest BCUT2D eigenvalue weighted by Gasteiger charge is -2.29. The van der Waals surface area contributed by atoms with Gasteiger partial charge in [0.15, 0.2) is 0 Å². The minimum absolute atomic E-state index is 0.250. The molecule has 2 aromatic rings. The number of nitrogens with one attached hydrogen (secondary N) is 1. The number of hydrogen-bond acceptors (Lipinski definition) is 4. The molecule has 0 bridgehead atoms. The van der Waals surface area contributed by atoms with E-state index in [0.717, 1.165) is 11.1 Å². The third-order valence-corrected chi connectivity index (χ3v) is 6.44. The third-order valence-electron chi connectivity index (χ3n) is 4.39. The van der Waals surface area contributed by atoms with E-state index >= 15 is 0 Å². The molecule has 2 unspecified atom stereocenters. The monoisotopic (exact) mass is 438 g/mol. The summed E-state index contributed by atoms with van der Waals surface area (Å²) < 4.78 is 5.18. The Kier molecular flexibility index (Phi) is 6.75. The highest BCUT2D eigenvalue weighted by Crippen LogP contribution is 2.44. The molecule has 3 rings (SSSR count). The highest BCUT2D eigenvalue weighted by molar-refractivity contribution is 7.99. The van der Waals surface area contributed by atoms with E-state index < -0.39 is 23.4 Å². The maximum absolute atomic E-state index is 13.1. The maximum atomic E-state index is 13.1. The fraction of sp³-hybridized carbons (Fsp3) is 0.300. The summed E-state index contributed by atoms with van der Waals surface area (Å²) in [6, 6.07) is 11.5. The van der Waals surface area contributed by atoms with Crippen LogP contribution in [0.4, 0.5) is 10.5 Å². The van der Waals surface area contributed by atoms with Crippen LogP contribution in [0.25, 0.3) is 0 Å². The molecular weight excluding hydrogens is 419 g/mol. The van der Waals surface area contributed by atoms with Crippen molar-refractivity contribution in [2.24, 2.45) is 0 Å². The largest absolute Gasteiger partial charge is 0.464 e. The van der Waals surface area contributed by atoms with E-state index in [2.05, 4.69) is 5.32 Å². The second kappa shape index (κ2) is 9.07. The zero-order valence-corrected chi connectivity index (χ0v) is 17.8. The molecule has 1 heterocycles. The quantitative estimate of drug-likeness (QED) is 0.638. The number of nitrogens with zero attached hydrogens (tertiary/aromatic N) is 1. The van der Waals surface area contributed by atoms with Crippen molar-refractivity contribution in [1.29, 1.82) is 0 Å². The van der Waals surface area contributed by atoms with E-state index in [1.54, 1.807) is 25.1 Å². The van der Waals surface area contributed by atoms with Gasteiger partial charge in [0, 0.05) is 27.0 Å². The Labute approximate surface area is 178 Å². The van der Waals surface area contributed by atoms with E-state index in [4.69, 9.17) is 27.9 Å². The summed E-state index contributed by atoms with van der Waals surface area (Å²) in [6.45, 7) is 3.87. The predicted octanol–water partition coefficient (Wildman–Crippen LogP) is 5.51. The fourth-order valence-electron chi connectivity index (χ4n) is 2.95. The Hall–Kier alpha value is -1.89. The molecule has 2 atom stereocenters. The maximum Gasteiger partial charge on any atom is 0.329 e. The summed E-state index contributed by atoms with van der Waals surface area (Å²) in [4.78, 5) is 27.1. The van der Waals surface area contributed by atoms with Gasteiger partial charge in [0.1, 0.15) is 11.4 Å². The number of ether oxygens (including phenoxy) is 1. The van der Waals surface area contributed by atoms with Crippen LogP contribution in [-0.2, 0) is 9.53 Å². The van der Waals surface area contributed by atoms with Crippen molar-refractivity contribution in [3.63, 3.8) is 0 Å². The molecule has 0 aliphatic carbocycles. The van der Waals surface area contributed by atoms with Gasteiger partial charge in [-0.05, 0) is 37.6 Å². The molecule has 1 aliphatic rings. The molecule has 28 heavy (non-hydrogen) atoms. The van der Waals surface area contributed by atoms with Crippen molar-refractivity contribution < 1.29 is 14.3 Å². The number of thioether (sulfide) groups is 1. The first-order valence-corrected chi connectivity index (χ1v) is 10.6. The van der Waals surface area contributed by atoms with Crippen LogP contribution in [0.15, 0.2) is 42.5 Å². The molecule has 1 aliphatic heterocycles. The van der Waals surface area contributed by atoms with Crippen molar-refractivity contribution in [2.75, 3.05) is 17.7 Å². The average Bonchev–Trinajstić information content (AvgIpc) is 3.10. The molecule has 1 N–H and O–H groups in total. The van der Waals surface area contributed by atoms with Crippen LogP contribution >= 0.6 is 35.0 Å². The fourth-order valence-corrected chi connectivity index (χ4v) is 4.88. The van der Waals surface area contributed by atoms with Gasteiger partial charge in [-0.3, -0.25) is 4.90 Å². The number of anilines is 1. The lowest BCUT2D eigenvalue weighted by molar-refractivity contribution is -0.147. The number of benzene rings is 2. The van der Waals surface area contributed by atoms with Crippen LogP contribution in [0.2, 0.25) is 10.0 Å². The van der Waals surface area contributed by atoms with Gasteiger partial charge in [0.2, 0.25) is 0 Å². The van der Waals surface area contributed by atoms with Crippen LogP contribution < -0.4 is 5.32 Å². The molecule has 1 fully saturated rings. The summed E-state index contributed by atoms with van der Waals surface area (Å²) in [5.74, 6) is -0.00166. The summed E-state index contributed by atoms with van der Waals surface area (Å²) in [5.41, 5.74) is 2.24. The van der Waals surface area contributed by atoms with Gasteiger partial charge in [-0.1, -0.05) is 47.5 Å². The zero-order valence-electron chi connectivity index (χ0n) is 15.4. The summed E-state index contributed by atoms with van der Waals surface area (Å²) >= 11 is 14.0. The minimum Gasteiger partial charge on any atom is -0.464 e. The molecular formula is C20H20Cl2N2O3S. The Morgan fingerprint density at radius 1 is 1.21 bits per heavy atom. The van der Waals surface area contributed by atoms with Gasteiger partial charge in [-0.25, -0.2) is 9.59 Å². The SMILES string of the molecule is CCOC(=O)C1CSC(c2ccccc2Cl)N1C(=O)Nc1ccc(C)c(Cl)c1. The van der Waals surface area contributed by atoms with Crippen LogP contribution in [0, 0.1) is 6.92 Å². The van der Waals surface area contributed by atoms with Crippen LogP contribution in [0.1, 0.15) is 23.4 Å². The number of rotatable bonds is 4. The summed E-state index contributed by atoms with van der Waals surface area (Å²) in [6.07, 6.45) is 0. The molecule has 1 saturated heterocycles. The van der Waals surface area contributed by atoms with Crippen LogP contribution in [0.5, 0.6) is 0 Å². The van der Waals surface area contributed by atoms with Crippen LogP contribution in [0.3, 0.4) is 0 Å². The lowest BCUT2D eigenvalue weighted by Crippen LogP contribution is -2.45. The number of amides is 2.